The quantitative estimate of drug-likeness (QED) is 0.769. The molecule has 1 heterocycles. The molecule has 1 unspecified atom stereocenters. The molecule has 6 heteroatoms. The summed E-state index contributed by atoms with van der Waals surface area (Å²) in [6.45, 7) is 10.1. The molecule has 0 saturated heterocycles. The third kappa shape index (κ3) is 4.33. The van der Waals surface area contributed by atoms with Gasteiger partial charge < -0.3 is 9.88 Å². The SMILES string of the molecule is CCn1cc(S(=O)(=O)NCC(C)C(C)C)cc1CNC. The molecule has 0 aliphatic rings. The standard InChI is InChI=1S/C14H27N3O2S/c1-6-17-10-14(7-13(17)9-15-5)20(18,19)16-8-12(4)11(2)3/h7,10-12,15-16H,6,8-9H2,1-5H3. The van der Waals surface area contributed by atoms with Crippen molar-refractivity contribution in [1.29, 1.82) is 0 Å². The maximum absolute atomic E-state index is 12.3. The number of hydrogen-bond donors (Lipinski definition) is 2. The Balaban J connectivity index is 2.87. The van der Waals surface area contributed by atoms with Gasteiger partial charge in [0, 0.05) is 31.5 Å². The highest BCUT2D eigenvalue weighted by molar-refractivity contribution is 7.89. The van der Waals surface area contributed by atoms with Crippen molar-refractivity contribution in [3.05, 3.63) is 18.0 Å². The average molecular weight is 301 g/mol. The highest BCUT2D eigenvalue weighted by atomic mass is 32.2. The maximum atomic E-state index is 12.3. The first-order valence-electron chi connectivity index (χ1n) is 7.15. The van der Waals surface area contributed by atoms with E-state index < -0.39 is 10.0 Å². The number of aromatic nitrogens is 1. The first-order valence-corrected chi connectivity index (χ1v) is 8.63. The molecule has 1 aromatic rings. The van der Waals surface area contributed by atoms with Crippen molar-refractivity contribution in [2.45, 2.75) is 45.7 Å². The van der Waals surface area contributed by atoms with Gasteiger partial charge in [0.15, 0.2) is 0 Å². The summed E-state index contributed by atoms with van der Waals surface area (Å²) in [7, 11) is -1.57. The van der Waals surface area contributed by atoms with Crippen LogP contribution in [0.15, 0.2) is 17.2 Å². The Labute approximate surface area is 122 Å². The van der Waals surface area contributed by atoms with Crippen molar-refractivity contribution >= 4 is 10.0 Å². The number of sulfonamides is 1. The van der Waals surface area contributed by atoms with E-state index in [1.54, 1.807) is 12.3 Å². The molecular formula is C14H27N3O2S. The summed E-state index contributed by atoms with van der Waals surface area (Å²) in [5.41, 5.74) is 0.979. The van der Waals surface area contributed by atoms with Crippen LogP contribution < -0.4 is 10.0 Å². The van der Waals surface area contributed by atoms with E-state index in [1.165, 1.54) is 0 Å². The van der Waals surface area contributed by atoms with Crippen LogP contribution >= 0.6 is 0 Å². The maximum Gasteiger partial charge on any atom is 0.242 e. The molecule has 0 amide bonds. The van der Waals surface area contributed by atoms with E-state index in [1.807, 2.05) is 18.5 Å². The van der Waals surface area contributed by atoms with E-state index in [2.05, 4.69) is 30.8 Å². The van der Waals surface area contributed by atoms with E-state index in [0.29, 0.717) is 29.8 Å². The van der Waals surface area contributed by atoms with Gasteiger partial charge in [0.1, 0.15) is 0 Å². The number of aryl methyl sites for hydroxylation is 1. The van der Waals surface area contributed by atoms with E-state index in [0.717, 1.165) is 12.2 Å². The van der Waals surface area contributed by atoms with Gasteiger partial charge in [-0.25, -0.2) is 13.1 Å². The molecule has 0 radical (unpaired) electrons. The lowest BCUT2D eigenvalue weighted by Gasteiger charge is -2.15. The summed E-state index contributed by atoms with van der Waals surface area (Å²) >= 11 is 0. The molecule has 1 aromatic heterocycles. The monoisotopic (exact) mass is 301 g/mol. The Morgan fingerprint density at radius 1 is 1.30 bits per heavy atom. The molecule has 0 spiro atoms. The Kier molecular flexibility index (Phi) is 6.23. The van der Waals surface area contributed by atoms with Gasteiger partial charge in [-0.05, 0) is 31.9 Å². The van der Waals surface area contributed by atoms with Gasteiger partial charge >= 0.3 is 0 Å². The van der Waals surface area contributed by atoms with Crippen LogP contribution in [0.3, 0.4) is 0 Å². The molecule has 1 atom stereocenters. The molecule has 0 aliphatic carbocycles. The van der Waals surface area contributed by atoms with Crippen molar-refractivity contribution in [1.82, 2.24) is 14.6 Å². The minimum absolute atomic E-state index is 0.315. The van der Waals surface area contributed by atoms with Crippen LogP contribution in [0.1, 0.15) is 33.4 Å². The van der Waals surface area contributed by atoms with E-state index in [9.17, 15) is 8.42 Å². The van der Waals surface area contributed by atoms with E-state index in [4.69, 9.17) is 0 Å². The second kappa shape index (κ2) is 7.24. The minimum Gasteiger partial charge on any atom is -0.349 e. The van der Waals surface area contributed by atoms with Crippen molar-refractivity contribution in [2.75, 3.05) is 13.6 Å². The van der Waals surface area contributed by atoms with Gasteiger partial charge in [0.05, 0.1) is 4.90 Å². The zero-order valence-electron chi connectivity index (χ0n) is 13.1. The normalized spacial score (nSPS) is 13.9. The first kappa shape index (κ1) is 17.2. The summed E-state index contributed by atoms with van der Waals surface area (Å²) < 4.78 is 29.3. The van der Waals surface area contributed by atoms with E-state index in [-0.39, 0.29) is 0 Å². The van der Waals surface area contributed by atoms with Crippen LogP contribution in [-0.4, -0.2) is 26.6 Å². The molecule has 0 aliphatic heterocycles. The fourth-order valence-corrected chi connectivity index (χ4v) is 3.06. The van der Waals surface area contributed by atoms with Crippen molar-refractivity contribution in [3.63, 3.8) is 0 Å². The lowest BCUT2D eigenvalue weighted by atomic mass is 9.99. The van der Waals surface area contributed by atoms with Gasteiger partial charge in [-0.3, -0.25) is 0 Å². The lowest BCUT2D eigenvalue weighted by Crippen LogP contribution is -2.30. The topological polar surface area (TPSA) is 63.1 Å². The molecule has 0 bridgehead atoms. The van der Waals surface area contributed by atoms with E-state index >= 15 is 0 Å². The Bertz CT molecular complexity index is 521. The van der Waals surface area contributed by atoms with Crippen LogP contribution in [0.25, 0.3) is 0 Å². The molecule has 2 N–H and O–H groups in total. The molecule has 0 fully saturated rings. The van der Waals surface area contributed by atoms with Gasteiger partial charge in [-0.1, -0.05) is 20.8 Å². The number of nitrogens with one attached hydrogen (secondary N) is 2. The first-order chi connectivity index (χ1) is 9.31. The highest BCUT2D eigenvalue weighted by Crippen LogP contribution is 2.16. The summed E-state index contributed by atoms with van der Waals surface area (Å²) in [4.78, 5) is 0.348. The van der Waals surface area contributed by atoms with Gasteiger partial charge in [0.2, 0.25) is 10.0 Å². The average Bonchev–Trinajstić information content (AvgIpc) is 2.80. The minimum atomic E-state index is -3.42. The van der Waals surface area contributed by atoms with Crippen LogP contribution in [0.5, 0.6) is 0 Å². The molecule has 0 saturated carbocycles. The van der Waals surface area contributed by atoms with Crippen LogP contribution in [0.4, 0.5) is 0 Å². The third-order valence-corrected chi connectivity index (χ3v) is 5.09. The second-order valence-corrected chi connectivity index (χ2v) is 7.32. The summed E-state index contributed by atoms with van der Waals surface area (Å²) in [5, 5.41) is 3.05. The summed E-state index contributed by atoms with van der Waals surface area (Å²) in [6.07, 6.45) is 1.70. The molecular weight excluding hydrogens is 274 g/mol. The number of rotatable bonds is 8. The second-order valence-electron chi connectivity index (χ2n) is 5.56. The molecule has 1 rings (SSSR count). The summed E-state index contributed by atoms with van der Waals surface area (Å²) in [6, 6.07) is 1.74. The van der Waals surface area contributed by atoms with Gasteiger partial charge in [-0.2, -0.15) is 0 Å². The third-order valence-electron chi connectivity index (χ3n) is 3.70. The zero-order valence-corrected chi connectivity index (χ0v) is 13.9. The van der Waals surface area contributed by atoms with Crippen LogP contribution in [0, 0.1) is 11.8 Å². The van der Waals surface area contributed by atoms with Gasteiger partial charge in [-0.15, -0.1) is 0 Å². The molecule has 5 nitrogen and oxygen atoms in total. The van der Waals surface area contributed by atoms with Gasteiger partial charge in [0.25, 0.3) is 0 Å². The fourth-order valence-electron chi connectivity index (χ4n) is 1.86. The lowest BCUT2D eigenvalue weighted by molar-refractivity contribution is 0.414. The smallest absolute Gasteiger partial charge is 0.242 e. The predicted molar refractivity (Wildman–Crippen MR) is 82.1 cm³/mol. The summed E-state index contributed by atoms with van der Waals surface area (Å²) in [5.74, 6) is 0.771. The van der Waals surface area contributed by atoms with Crippen molar-refractivity contribution in [2.24, 2.45) is 11.8 Å². The highest BCUT2D eigenvalue weighted by Gasteiger charge is 2.19. The fraction of sp³-hybridized carbons (Fsp3) is 0.714. The van der Waals surface area contributed by atoms with Crippen molar-refractivity contribution in [3.8, 4) is 0 Å². The molecule has 0 aromatic carbocycles. The van der Waals surface area contributed by atoms with Crippen molar-refractivity contribution < 1.29 is 8.42 Å². The molecule has 20 heavy (non-hydrogen) atoms. The number of hydrogen-bond acceptors (Lipinski definition) is 3. The van der Waals surface area contributed by atoms with Crippen LogP contribution in [0.2, 0.25) is 0 Å². The largest absolute Gasteiger partial charge is 0.349 e. The predicted octanol–water partition coefficient (Wildman–Crippen LogP) is 1.80. The Morgan fingerprint density at radius 3 is 2.45 bits per heavy atom. The Hall–Kier alpha value is -0.850. The molecule has 116 valence electrons. The Morgan fingerprint density at radius 2 is 1.95 bits per heavy atom. The zero-order chi connectivity index (χ0) is 15.3. The number of nitrogens with zero attached hydrogens (tertiary/aromatic N) is 1. The van der Waals surface area contributed by atoms with Crippen LogP contribution in [-0.2, 0) is 23.1 Å².